The summed E-state index contributed by atoms with van der Waals surface area (Å²) in [7, 11) is 1.99. The van der Waals surface area contributed by atoms with Gasteiger partial charge in [-0.25, -0.2) is 0 Å². The normalized spacial score (nSPS) is 30.8. The van der Waals surface area contributed by atoms with Gasteiger partial charge in [-0.15, -0.1) is 0 Å². The van der Waals surface area contributed by atoms with E-state index in [4.69, 9.17) is 10.6 Å². The molecule has 1 saturated heterocycles. The number of halogens is 1. The molecule has 0 aromatic carbocycles. The Morgan fingerprint density at radius 1 is 1.38 bits per heavy atom. The Morgan fingerprint density at radius 2 is 2.05 bits per heavy atom. The Labute approximate surface area is 135 Å². The Kier molecular flexibility index (Phi) is 5.46. The molecule has 5 nitrogen and oxygen atoms in total. The quantitative estimate of drug-likeness (QED) is 0.625. The number of nitrogens with two attached hydrogens (primary N) is 1. The summed E-state index contributed by atoms with van der Waals surface area (Å²) in [6, 6.07) is 0.177. The van der Waals surface area contributed by atoms with E-state index in [1.807, 2.05) is 11.7 Å². The van der Waals surface area contributed by atoms with Crippen molar-refractivity contribution in [3.05, 3.63) is 15.9 Å². The molecule has 3 N–H and O–H groups in total. The molecule has 0 radical (unpaired) electrons. The third kappa shape index (κ3) is 3.18. The smallest absolute Gasteiger partial charge is 0.0766 e. The maximum Gasteiger partial charge on any atom is 0.0766 e. The minimum Gasteiger partial charge on any atom is -0.375 e. The van der Waals surface area contributed by atoms with Crippen LogP contribution in [0, 0.1) is 11.8 Å². The fourth-order valence-corrected chi connectivity index (χ4v) is 4.32. The van der Waals surface area contributed by atoms with E-state index in [1.165, 1.54) is 5.69 Å². The van der Waals surface area contributed by atoms with Crippen molar-refractivity contribution in [1.29, 1.82) is 0 Å². The van der Waals surface area contributed by atoms with Crippen LogP contribution in [0.1, 0.15) is 39.1 Å². The van der Waals surface area contributed by atoms with Gasteiger partial charge in [0, 0.05) is 25.4 Å². The van der Waals surface area contributed by atoms with Crippen LogP contribution < -0.4 is 11.3 Å². The first-order valence-electron chi connectivity index (χ1n) is 7.72. The second-order valence-corrected chi connectivity index (χ2v) is 6.94. The van der Waals surface area contributed by atoms with Crippen LogP contribution in [-0.4, -0.2) is 28.0 Å². The van der Waals surface area contributed by atoms with Crippen molar-refractivity contribution in [2.75, 3.05) is 0 Å². The van der Waals surface area contributed by atoms with Crippen LogP contribution >= 0.6 is 15.9 Å². The Hall–Kier alpha value is -0.430. The standard InChI is InChI=1S/C15H27BrN4O/c1-6-11-15(16)13(20(5)19-11)7-12(18-17)14-8(2)9(3)21-10(14)4/h8-10,12,14,18H,6-7,17H2,1-5H3. The van der Waals surface area contributed by atoms with Gasteiger partial charge < -0.3 is 4.74 Å². The van der Waals surface area contributed by atoms with E-state index in [0.717, 1.165) is 23.0 Å². The topological polar surface area (TPSA) is 65.1 Å². The third-order valence-corrected chi connectivity index (χ3v) is 5.83. The van der Waals surface area contributed by atoms with E-state index in [9.17, 15) is 0 Å². The summed E-state index contributed by atoms with van der Waals surface area (Å²) in [6.07, 6.45) is 2.26. The van der Waals surface area contributed by atoms with Gasteiger partial charge in [-0.05, 0) is 42.1 Å². The van der Waals surface area contributed by atoms with E-state index in [0.29, 0.717) is 11.8 Å². The molecule has 1 aliphatic heterocycles. The van der Waals surface area contributed by atoms with Crippen molar-refractivity contribution in [2.24, 2.45) is 24.7 Å². The first kappa shape index (κ1) is 16.9. The van der Waals surface area contributed by atoms with E-state index >= 15 is 0 Å². The SMILES string of the molecule is CCc1nn(C)c(CC(NN)C2C(C)OC(C)C2C)c1Br. The number of aryl methyl sites for hydroxylation is 2. The van der Waals surface area contributed by atoms with Gasteiger partial charge in [0.25, 0.3) is 0 Å². The number of nitrogens with zero attached hydrogens (tertiary/aromatic N) is 2. The largest absolute Gasteiger partial charge is 0.375 e. The zero-order valence-corrected chi connectivity index (χ0v) is 15.1. The molecule has 21 heavy (non-hydrogen) atoms. The van der Waals surface area contributed by atoms with Gasteiger partial charge in [0.15, 0.2) is 0 Å². The average molecular weight is 359 g/mol. The molecule has 0 aliphatic carbocycles. The molecule has 0 bridgehead atoms. The summed E-state index contributed by atoms with van der Waals surface area (Å²) in [5.41, 5.74) is 5.30. The number of nitrogens with one attached hydrogen (secondary N) is 1. The fraction of sp³-hybridized carbons (Fsp3) is 0.800. The van der Waals surface area contributed by atoms with Gasteiger partial charge in [0.1, 0.15) is 0 Å². The van der Waals surface area contributed by atoms with Crippen molar-refractivity contribution in [3.63, 3.8) is 0 Å². The van der Waals surface area contributed by atoms with Crippen molar-refractivity contribution >= 4 is 15.9 Å². The maximum atomic E-state index is 5.96. The Morgan fingerprint density at radius 3 is 2.48 bits per heavy atom. The van der Waals surface area contributed by atoms with Crippen molar-refractivity contribution in [2.45, 2.75) is 58.8 Å². The van der Waals surface area contributed by atoms with Gasteiger partial charge in [-0.1, -0.05) is 13.8 Å². The van der Waals surface area contributed by atoms with E-state index in [1.54, 1.807) is 0 Å². The Balaban J connectivity index is 2.22. The lowest BCUT2D eigenvalue weighted by Crippen LogP contribution is -2.47. The second kappa shape index (κ2) is 6.77. The predicted molar refractivity (Wildman–Crippen MR) is 87.8 cm³/mol. The van der Waals surface area contributed by atoms with Gasteiger partial charge >= 0.3 is 0 Å². The highest BCUT2D eigenvalue weighted by molar-refractivity contribution is 9.10. The molecular weight excluding hydrogens is 332 g/mol. The minimum absolute atomic E-state index is 0.177. The highest BCUT2D eigenvalue weighted by Gasteiger charge is 2.41. The van der Waals surface area contributed by atoms with E-state index < -0.39 is 0 Å². The number of hydrogen-bond donors (Lipinski definition) is 2. The van der Waals surface area contributed by atoms with E-state index in [-0.39, 0.29) is 18.2 Å². The van der Waals surface area contributed by atoms with Crippen LogP contribution in [0.3, 0.4) is 0 Å². The Bertz CT molecular complexity index is 490. The molecule has 5 unspecified atom stereocenters. The van der Waals surface area contributed by atoms with Crippen LogP contribution in [0.4, 0.5) is 0 Å². The molecular formula is C15H27BrN4O. The molecule has 2 rings (SSSR count). The zero-order valence-electron chi connectivity index (χ0n) is 13.6. The van der Waals surface area contributed by atoms with Gasteiger partial charge in [-0.3, -0.25) is 16.0 Å². The molecule has 0 spiro atoms. The molecule has 2 heterocycles. The minimum atomic E-state index is 0.177. The van der Waals surface area contributed by atoms with Crippen LogP contribution in [0.5, 0.6) is 0 Å². The van der Waals surface area contributed by atoms with Crippen molar-refractivity contribution < 1.29 is 4.74 Å². The summed E-state index contributed by atoms with van der Waals surface area (Å²) in [5, 5.41) is 4.57. The van der Waals surface area contributed by atoms with Crippen LogP contribution in [-0.2, 0) is 24.6 Å². The fourth-order valence-electron chi connectivity index (χ4n) is 3.54. The lowest BCUT2D eigenvalue weighted by Gasteiger charge is -2.28. The van der Waals surface area contributed by atoms with Crippen LogP contribution in [0.25, 0.3) is 0 Å². The average Bonchev–Trinajstić information content (AvgIpc) is 2.86. The summed E-state index contributed by atoms with van der Waals surface area (Å²) in [6.45, 7) is 8.65. The van der Waals surface area contributed by atoms with Gasteiger partial charge in [-0.2, -0.15) is 5.10 Å². The number of rotatable bonds is 5. The number of hydrogen-bond acceptors (Lipinski definition) is 4. The molecule has 5 atom stereocenters. The molecule has 0 saturated carbocycles. The predicted octanol–water partition coefficient (Wildman–Crippen LogP) is 2.18. The van der Waals surface area contributed by atoms with Gasteiger partial charge in [0.05, 0.1) is 28.1 Å². The summed E-state index contributed by atoms with van der Waals surface area (Å²) < 4.78 is 9.03. The first-order chi connectivity index (χ1) is 9.90. The molecule has 1 aromatic rings. The maximum absolute atomic E-state index is 5.96. The highest BCUT2D eigenvalue weighted by Crippen LogP contribution is 2.36. The first-order valence-corrected chi connectivity index (χ1v) is 8.51. The molecule has 1 fully saturated rings. The lowest BCUT2D eigenvalue weighted by molar-refractivity contribution is 0.0475. The monoisotopic (exact) mass is 358 g/mol. The number of ether oxygens (including phenoxy) is 1. The summed E-state index contributed by atoms with van der Waals surface area (Å²) in [5.74, 6) is 6.74. The highest BCUT2D eigenvalue weighted by atomic mass is 79.9. The summed E-state index contributed by atoms with van der Waals surface area (Å²) >= 11 is 3.69. The molecule has 1 aromatic heterocycles. The number of hydrazine groups is 1. The molecule has 120 valence electrons. The second-order valence-electron chi connectivity index (χ2n) is 6.14. The van der Waals surface area contributed by atoms with Crippen molar-refractivity contribution in [1.82, 2.24) is 15.2 Å². The lowest BCUT2D eigenvalue weighted by atomic mass is 9.82. The molecule has 6 heteroatoms. The molecule has 1 aliphatic rings. The van der Waals surface area contributed by atoms with Crippen LogP contribution in [0.2, 0.25) is 0 Å². The molecule has 0 amide bonds. The zero-order chi connectivity index (χ0) is 15.7. The summed E-state index contributed by atoms with van der Waals surface area (Å²) in [4.78, 5) is 0. The van der Waals surface area contributed by atoms with Crippen molar-refractivity contribution in [3.8, 4) is 0 Å². The third-order valence-electron chi connectivity index (χ3n) is 4.91. The number of aromatic nitrogens is 2. The van der Waals surface area contributed by atoms with Gasteiger partial charge in [0.2, 0.25) is 0 Å². The van der Waals surface area contributed by atoms with Crippen LogP contribution in [0.15, 0.2) is 4.47 Å². The van der Waals surface area contributed by atoms with E-state index in [2.05, 4.69) is 54.1 Å².